The Hall–Kier alpha value is -1.88. The number of ether oxygens (including phenoxy) is 1. The number of rotatable bonds is 3. The van der Waals surface area contributed by atoms with Gasteiger partial charge in [-0.05, 0) is 52.3 Å². The number of nitrogens with two attached hydrogens (primary N) is 1. The first-order valence-corrected chi connectivity index (χ1v) is 6.25. The standard InChI is InChI=1S/C14H11BrFNO2/c1-19-13-5-2-8(6-11(13)15)14(18)10-7-9(17)3-4-12(10)16/h2-7H,17H2,1H3. The number of benzene rings is 2. The zero-order valence-corrected chi connectivity index (χ0v) is 11.7. The van der Waals surface area contributed by atoms with Crippen molar-refractivity contribution in [1.29, 1.82) is 0 Å². The molecule has 0 aliphatic rings. The molecule has 0 spiro atoms. The maximum Gasteiger partial charge on any atom is 0.196 e. The number of ketones is 1. The summed E-state index contributed by atoms with van der Waals surface area (Å²) in [5.41, 5.74) is 6.23. The second-order valence-corrected chi connectivity index (χ2v) is 4.77. The molecule has 5 heteroatoms. The van der Waals surface area contributed by atoms with Crippen LogP contribution in [0.5, 0.6) is 5.75 Å². The lowest BCUT2D eigenvalue weighted by Gasteiger charge is -2.07. The van der Waals surface area contributed by atoms with E-state index in [2.05, 4.69) is 15.9 Å². The van der Waals surface area contributed by atoms with E-state index in [4.69, 9.17) is 10.5 Å². The summed E-state index contributed by atoms with van der Waals surface area (Å²) in [4.78, 5) is 12.2. The monoisotopic (exact) mass is 323 g/mol. The number of carbonyl (C=O) groups is 1. The van der Waals surface area contributed by atoms with E-state index in [-0.39, 0.29) is 5.56 Å². The zero-order valence-electron chi connectivity index (χ0n) is 10.1. The van der Waals surface area contributed by atoms with Crippen molar-refractivity contribution in [3.63, 3.8) is 0 Å². The van der Waals surface area contributed by atoms with Gasteiger partial charge in [0, 0.05) is 11.3 Å². The highest BCUT2D eigenvalue weighted by molar-refractivity contribution is 9.10. The predicted octanol–water partition coefficient (Wildman–Crippen LogP) is 3.41. The molecule has 19 heavy (non-hydrogen) atoms. The topological polar surface area (TPSA) is 52.3 Å². The molecular weight excluding hydrogens is 313 g/mol. The summed E-state index contributed by atoms with van der Waals surface area (Å²) >= 11 is 3.29. The third kappa shape index (κ3) is 2.76. The fraction of sp³-hybridized carbons (Fsp3) is 0.0714. The van der Waals surface area contributed by atoms with Crippen LogP contribution in [0.1, 0.15) is 15.9 Å². The average Bonchev–Trinajstić information content (AvgIpc) is 2.40. The van der Waals surface area contributed by atoms with Crippen LogP contribution in [0, 0.1) is 5.82 Å². The molecule has 2 rings (SSSR count). The first-order valence-electron chi connectivity index (χ1n) is 5.46. The summed E-state index contributed by atoms with van der Waals surface area (Å²) in [6, 6.07) is 8.73. The van der Waals surface area contributed by atoms with Crippen molar-refractivity contribution in [3.8, 4) is 5.75 Å². The van der Waals surface area contributed by atoms with E-state index in [9.17, 15) is 9.18 Å². The highest BCUT2D eigenvalue weighted by atomic mass is 79.9. The van der Waals surface area contributed by atoms with Crippen LogP contribution in [0.2, 0.25) is 0 Å². The molecule has 0 aromatic heterocycles. The van der Waals surface area contributed by atoms with Crippen LogP contribution in [0.4, 0.5) is 10.1 Å². The number of nitrogen functional groups attached to an aromatic ring is 1. The van der Waals surface area contributed by atoms with Crippen LogP contribution in [-0.4, -0.2) is 12.9 Å². The Kier molecular flexibility index (Phi) is 3.85. The molecule has 0 heterocycles. The summed E-state index contributed by atoms with van der Waals surface area (Å²) in [5.74, 6) is -0.413. The van der Waals surface area contributed by atoms with Crippen molar-refractivity contribution in [2.75, 3.05) is 12.8 Å². The van der Waals surface area contributed by atoms with Gasteiger partial charge in [0.25, 0.3) is 0 Å². The Labute approximate surface area is 118 Å². The minimum atomic E-state index is -0.592. The average molecular weight is 324 g/mol. The second kappa shape index (κ2) is 5.40. The zero-order chi connectivity index (χ0) is 14.0. The Bertz CT molecular complexity index is 643. The van der Waals surface area contributed by atoms with Gasteiger partial charge in [-0.3, -0.25) is 4.79 Å². The van der Waals surface area contributed by atoms with E-state index in [0.717, 1.165) is 0 Å². The lowest BCUT2D eigenvalue weighted by molar-refractivity contribution is 0.103. The summed E-state index contributed by atoms with van der Waals surface area (Å²) < 4.78 is 19.3. The lowest BCUT2D eigenvalue weighted by Crippen LogP contribution is -2.05. The molecule has 2 N–H and O–H groups in total. The van der Waals surface area contributed by atoms with E-state index in [1.165, 1.54) is 25.3 Å². The molecule has 0 bridgehead atoms. The molecule has 0 aliphatic carbocycles. The number of halogens is 2. The van der Waals surface area contributed by atoms with E-state index >= 15 is 0 Å². The van der Waals surface area contributed by atoms with Crippen LogP contribution in [0.15, 0.2) is 40.9 Å². The van der Waals surface area contributed by atoms with Gasteiger partial charge in [0.2, 0.25) is 0 Å². The van der Waals surface area contributed by atoms with Crippen molar-refractivity contribution >= 4 is 27.4 Å². The van der Waals surface area contributed by atoms with E-state index in [1.807, 2.05) is 0 Å². The molecule has 0 amide bonds. The molecule has 2 aromatic carbocycles. The fourth-order valence-corrected chi connectivity index (χ4v) is 2.22. The third-order valence-corrected chi connectivity index (χ3v) is 3.27. The van der Waals surface area contributed by atoms with Gasteiger partial charge in [-0.2, -0.15) is 0 Å². The van der Waals surface area contributed by atoms with Gasteiger partial charge in [0.05, 0.1) is 17.1 Å². The highest BCUT2D eigenvalue weighted by Gasteiger charge is 2.15. The molecule has 0 unspecified atom stereocenters. The second-order valence-electron chi connectivity index (χ2n) is 3.92. The van der Waals surface area contributed by atoms with E-state index < -0.39 is 11.6 Å². The van der Waals surface area contributed by atoms with Crippen LogP contribution in [0.25, 0.3) is 0 Å². The third-order valence-electron chi connectivity index (χ3n) is 2.65. The molecule has 0 atom stereocenters. The normalized spacial score (nSPS) is 10.3. The van der Waals surface area contributed by atoms with Crippen LogP contribution in [-0.2, 0) is 0 Å². The molecule has 0 saturated carbocycles. The molecule has 0 fully saturated rings. The largest absolute Gasteiger partial charge is 0.496 e. The van der Waals surface area contributed by atoms with Crippen molar-refractivity contribution in [1.82, 2.24) is 0 Å². The summed E-state index contributed by atoms with van der Waals surface area (Å²) in [6.07, 6.45) is 0. The maximum absolute atomic E-state index is 13.6. The number of hydrogen-bond acceptors (Lipinski definition) is 3. The number of carbonyl (C=O) groups excluding carboxylic acids is 1. The smallest absolute Gasteiger partial charge is 0.196 e. The van der Waals surface area contributed by atoms with Crippen molar-refractivity contribution in [3.05, 3.63) is 57.8 Å². The number of methoxy groups -OCH3 is 1. The molecule has 3 nitrogen and oxygen atoms in total. The van der Waals surface area contributed by atoms with Crippen LogP contribution >= 0.6 is 15.9 Å². The Morgan fingerprint density at radius 3 is 2.63 bits per heavy atom. The molecule has 2 aromatic rings. The first-order chi connectivity index (χ1) is 9.02. The molecule has 0 saturated heterocycles. The van der Waals surface area contributed by atoms with Gasteiger partial charge >= 0.3 is 0 Å². The van der Waals surface area contributed by atoms with Gasteiger partial charge in [-0.1, -0.05) is 0 Å². The Balaban J connectivity index is 2.44. The van der Waals surface area contributed by atoms with Crippen molar-refractivity contribution < 1.29 is 13.9 Å². The van der Waals surface area contributed by atoms with Crippen molar-refractivity contribution in [2.45, 2.75) is 0 Å². The minimum Gasteiger partial charge on any atom is -0.496 e. The SMILES string of the molecule is COc1ccc(C(=O)c2cc(N)ccc2F)cc1Br. The summed E-state index contributed by atoms with van der Waals surface area (Å²) in [5, 5.41) is 0. The van der Waals surface area contributed by atoms with E-state index in [0.29, 0.717) is 21.5 Å². The quantitative estimate of drug-likeness (QED) is 0.695. The molecule has 0 radical (unpaired) electrons. The molecule has 0 aliphatic heterocycles. The van der Waals surface area contributed by atoms with Gasteiger partial charge < -0.3 is 10.5 Å². The Morgan fingerprint density at radius 2 is 2.00 bits per heavy atom. The predicted molar refractivity (Wildman–Crippen MR) is 74.9 cm³/mol. The maximum atomic E-state index is 13.6. The minimum absolute atomic E-state index is 0.0444. The number of anilines is 1. The van der Waals surface area contributed by atoms with Crippen molar-refractivity contribution in [2.24, 2.45) is 0 Å². The van der Waals surface area contributed by atoms with Crippen LogP contribution in [0.3, 0.4) is 0 Å². The summed E-state index contributed by atoms with van der Waals surface area (Å²) in [6.45, 7) is 0. The highest BCUT2D eigenvalue weighted by Crippen LogP contribution is 2.27. The number of hydrogen-bond donors (Lipinski definition) is 1. The van der Waals surface area contributed by atoms with Gasteiger partial charge in [-0.15, -0.1) is 0 Å². The van der Waals surface area contributed by atoms with Gasteiger partial charge in [-0.25, -0.2) is 4.39 Å². The lowest BCUT2D eigenvalue weighted by atomic mass is 10.0. The van der Waals surface area contributed by atoms with Gasteiger partial charge in [0.15, 0.2) is 5.78 Å². The molecular formula is C14H11BrFNO2. The first kappa shape index (κ1) is 13.5. The van der Waals surface area contributed by atoms with Gasteiger partial charge in [0.1, 0.15) is 11.6 Å². The fourth-order valence-electron chi connectivity index (χ4n) is 1.68. The molecule has 98 valence electrons. The van der Waals surface area contributed by atoms with Crippen LogP contribution < -0.4 is 10.5 Å². The van der Waals surface area contributed by atoms with E-state index in [1.54, 1.807) is 18.2 Å². The summed E-state index contributed by atoms with van der Waals surface area (Å²) in [7, 11) is 1.53. The Morgan fingerprint density at radius 1 is 1.26 bits per heavy atom.